The number of hydrogen-bond acceptors (Lipinski definition) is 3. The van der Waals surface area contributed by atoms with Crippen molar-refractivity contribution in [2.24, 2.45) is 5.73 Å². The minimum absolute atomic E-state index is 0.115. The fourth-order valence-electron chi connectivity index (χ4n) is 3.14. The fourth-order valence-corrected chi connectivity index (χ4v) is 3.14. The highest BCUT2D eigenvalue weighted by molar-refractivity contribution is 5.35. The van der Waals surface area contributed by atoms with Gasteiger partial charge in [0.05, 0.1) is 7.11 Å². The number of halogens is 1. The number of methoxy groups -OCH3 is 1. The number of benzene rings is 2. The first-order valence-corrected chi connectivity index (χ1v) is 7.57. The molecule has 0 aliphatic carbocycles. The molecule has 0 aromatic heterocycles. The van der Waals surface area contributed by atoms with Crippen molar-refractivity contribution >= 4 is 0 Å². The molecule has 22 heavy (non-hydrogen) atoms. The molecule has 4 heteroatoms. The van der Waals surface area contributed by atoms with Crippen LogP contribution >= 0.6 is 0 Å². The Bertz CT molecular complexity index is 642. The summed E-state index contributed by atoms with van der Waals surface area (Å²) in [6, 6.07) is 13.5. The minimum atomic E-state index is -0.122. The lowest BCUT2D eigenvalue weighted by Gasteiger charge is -2.23. The van der Waals surface area contributed by atoms with Gasteiger partial charge >= 0.3 is 0 Å². The van der Waals surface area contributed by atoms with Crippen LogP contribution in [-0.2, 0) is 13.0 Å². The first kappa shape index (κ1) is 15.0. The van der Waals surface area contributed by atoms with Crippen LogP contribution in [0.15, 0.2) is 42.5 Å². The fraction of sp³-hybridized carbons (Fsp3) is 0.333. The van der Waals surface area contributed by atoms with E-state index in [2.05, 4.69) is 17.0 Å². The second-order valence-corrected chi connectivity index (χ2v) is 5.63. The number of rotatable bonds is 5. The average molecular weight is 300 g/mol. The van der Waals surface area contributed by atoms with Crippen molar-refractivity contribution in [3.8, 4) is 5.75 Å². The van der Waals surface area contributed by atoms with Gasteiger partial charge in [-0.15, -0.1) is 0 Å². The summed E-state index contributed by atoms with van der Waals surface area (Å²) in [5.74, 6) is 0.738. The molecule has 0 bridgehead atoms. The van der Waals surface area contributed by atoms with Gasteiger partial charge in [0.2, 0.25) is 0 Å². The third kappa shape index (κ3) is 2.85. The average Bonchev–Trinajstić information content (AvgIpc) is 2.92. The highest BCUT2D eigenvalue weighted by Gasteiger charge is 2.30. The van der Waals surface area contributed by atoms with E-state index >= 15 is 0 Å². The number of ether oxygens (including phenoxy) is 1. The first-order valence-electron chi connectivity index (χ1n) is 7.57. The molecule has 2 aromatic carbocycles. The van der Waals surface area contributed by atoms with E-state index in [1.54, 1.807) is 13.2 Å². The number of nitrogens with two attached hydrogens (primary N) is 1. The molecule has 0 amide bonds. The summed E-state index contributed by atoms with van der Waals surface area (Å²) in [7, 11) is 1.66. The van der Waals surface area contributed by atoms with Crippen molar-refractivity contribution in [1.29, 1.82) is 0 Å². The lowest BCUT2D eigenvalue weighted by Crippen LogP contribution is -2.29. The Morgan fingerprint density at radius 3 is 2.68 bits per heavy atom. The number of hydrogen-bond donors (Lipinski definition) is 1. The Kier molecular flexibility index (Phi) is 4.41. The summed E-state index contributed by atoms with van der Waals surface area (Å²) in [5, 5.41) is 0. The zero-order valence-corrected chi connectivity index (χ0v) is 12.8. The predicted molar refractivity (Wildman–Crippen MR) is 85.3 cm³/mol. The summed E-state index contributed by atoms with van der Waals surface area (Å²) in [6.07, 6.45) is 0.913. The van der Waals surface area contributed by atoms with Crippen molar-refractivity contribution in [3.63, 3.8) is 0 Å². The van der Waals surface area contributed by atoms with Crippen LogP contribution in [0.5, 0.6) is 5.75 Å². The Morgan fingerprint density at radius 2 is 2.00 bits per heavy atom. The van der Waals surface area contributed by atoms with Gasteiger partial charge in [-0.3, -0.25) is 4.90 Å². The highest BCUT2D eigenvalue weighted by Crippen LogP contribution is 2.34. The van der Waals surface area contributed by atoms with E-state index in [1.165, 1.54) is 11.6 Å². The molecule has 116 valence electrons. The van der Waals surface area contributed by atoms with Crippen molar-refractivity contribution in [1.82, 2.24) is 4.90 Å². The van der Waals surface area contributed by atoms with E-state index in [9.17, 15) is 4.39 Å². The lowest BCUT2D eigenvalue weighted by atomic mass is 10.0. The van der Waals surface area contributed by atoms with Crippen LogP contribution in [0.25, 0.3) is 0 Å². The molecule has 1 atom stereocenters. The molecule has 0 fully saturated rings. The van der Waals surface area contributed by atoms with E-state index in [0.29, 0.717) is 13.1 Å². The largest absolute Gasteiger partial charge is 0.497 e. The van der Waals surface area contributed by atoms with Gasteiger partial charge in [0.15, 0.2) is 0 Å². The molecular weight excluding hydrogens is 279 g/mol. The van der Waals surface area contributed by atoms with E-state index < -0.39 is 0 Å². The van der Waals surface area contributed by atoms with Crippen LogP contribution in [0.4, 0.5) is 4.39 Å². The molecule has 3 nitrogen and oxygen atoms in total. The van der Waals surface area contributed by atoms with Crippen LogP contribution in [-0.4, -0.2) is 25.1 Å². The molecule has 1 heterocycles. The predicted octanol–water partition coefficient (Wildman–Crippen LogP) is 2.89. The summed E-state index contributed by atoms with van der Waals surface area (Å²) < 4.78 is 19.1. The summed E-state index contributed by atoms with van der Waals surface area (Å²) in [5.41, 5.74) is 9.00. The van der Waals surface area contributed by atoms with E-state index in [0.717, 1.165) is 29.8 Å². The first-order chi connectivity index (χ1) is 10.7. The van der Waals surface area contributed by atoms with E-state index in [1.807, 2.05) is 18.2 Å². The molecule has 0 saturated carbocycles. The van der Waals surface area contributed by atoms with Crippen LogP contribution in [0.1, 0.15) is 22.7 Å². The zero-order chi connectivity index (χ0) is 15.5. The maximum absolute atomic E-state index is 13.9. The second kappa shape index (κ2) is 6.46. The topological polar surface area (TPSA) is 38.5 Å². The van der Waals surface area contributed by atoms with Gasteiger partial charge in [-0.05, 0) is 35.7 Å². The molecule has 2 aromatic rings. The summed E-state index contributed by atoms with van der Waals surface area (Å²) in [6.45, 7) is 2.02. The molecule has 0 saturated heterocycles. The molecule has 3 rings (SSSR count). The third-order valence-corrected chi connectivity index (χ3v) is 4.39. The molecule has 1 unspecified atom stereocenters. The zero-order valence-electron chi connectivity index (χ0n) is 12.8. The minimum Gasteiger partial charge on any atom is -0.497 e. The highest BCUT2D eigenvalue weighted by atomic mass is 19.1. The van der Waals surface area contributed by atoms with Crippen molar-refractivity contribution in [3.05, 3.63) is 65.0 Å². The maximum atomic E-state index is 13.9. The van der Waals surface area contributed by atoms with Crippen molar-refractivity contribution in [2.45, 2.75) is 19.0 Å². The smallest absolute Gasteiger partial charge is 0.128 e. The van der Waals surface area contributed by atoms with Crippen LogP contribution in [0, 0.1) is 5.82 Å². The summed E-state index contributed by atoms with van der Waals surface area (Å²) >= 11 is 0. The van der Waals surface area contributed by atoms with Crippen molar-refractivity contribution < 1.29 is 9.13 Å². The van der Waals surface area contributed by atoms with E-state index in [-0.39, 0.29) is 11.9 Å². The van der Waals surface area contributed by atoms with Gasteiger partial charge in [0, 0.05) is 31.2 Å². The second-order valence-electron chi connectivity index (χ2n) is 5.63. The van der Waals surface area contributed by atoms with Gasteiger partial charge in [-0.25, -0.2) is 4.39 Å². The number of fused-ring (bicyclic) bond motifs is 1. The Balaban J connectivity index is 1.69. The molecule has 1 aliphatic heterocycles. The summed E-state index contributed by atoms with van der Waals surface area (Å²) in [4.78, 5) is 2.26. The molecule has 0 radical (unpaired) electrons. The van der Waals surface area contributed by atoms with Gasteiger partial charge in [-0.1, -0.05) is 24.3 Å². The lowest BCUT2D eigenvalue weighted by molar-refractivity contribution is 0.222. The Hall–Kier alpha value is -1.91. The van der Waals surface area contributed by atoms with Gasteiger partial charge in [-0.2, -0.15) is 0 Å². The monoisotopic (exact) mass is 300 g/mol. The van der Waals surface area contributed by atoms with Gasteiger partial charge in [0.25, 0.3) is 0 Å². The molecule has 0 spiro atoms. The standard InChI is InChI=1S/C18H21FN2O/c1-22-14-7-5-13(6-8-14)9-10-21-12-16-15(18(21)11-20)3-2-4-17(16)19/h2-8,18H,9-12,20H2,1H3. The normalized spacial score (nSPS) is 17.5. The Morgan fingerprint density at radius 1 is 1.23 bits per heavy atom. The Labute approximate surface area is 130 Å². The SMILES string of the molecule is COc1ccc(CCN2Cc3c(F)cccc3C2CN)cc1. The third-order valence-electron chi connectivity index (χ3n) is 4.39. The number of nitrogens with zero attached hydrogens (tertiary/aromatic N) is 1. The van der Waals surface area contributed by atoms with Crippen LogP contribution < -0.4 is 10.5 Å². The van der Waals surface area contributed by atoms with Crippen LogP contribution in [0.2, 0.25) is 0 Å². The molecular formula is C18H21FN2O. The van der Waals surface area contributed by atoms with Crippen LogP contribution in [0.3, 0.4) is 0 Å². The van der Waals surface area contributed by atoms with E-state index in [4.69, 9.17) is 10.5 Å². The molecule has 1 aliphatic rings. The van der Waals surface area contributed by atoms with Crippen molar-refractivity contribution in [2.75, 3.05) is 20.2 Å². The quantitative estimate of drug-likeness (QED) is 0.923. The van der Waals surface area contributed by atoms with Gasteiger partial charge in [0.1, 0.15) is 11.6 Å². The van der Waals surface area contributed by atoms with Gasteiger partial charge < -0.3 is 10.5 Å². The molecule has 2 N–H and O–H groups in total. The maximum Gasteiger partial charge on any atom is 0.128 e.